The number of methoxy groups -OCH3 is 1. The first-order chi connectivity index (χ1) is 18.1. The molecule has 0 saturated heterocycles. The average molecular weight is 573 g/mol. The van der Waals surface area contributed by atoms with E-state index in [0.29, 0.717) is 18.6 Å². The van der Waals surface area contributed by atoms with Crippen molar-refractivity contribution in [2.75, 3.05) is 20.5 Å². The first-order valence-corrected chi connectivity index (χ1v) is 17.6. The van der Waals surface area contributed by atoms with Crippen LogP contribution in [-0.4, -0.2) is 69.4 Å². The molecular weight excluding hydrogens is 512 g/mol. The van der Waals surface area contributed by atoms with Gasteiger partial charge in [-0.25, -0.2) is 4.79 Å². The largest absolute Gasteiger partial charge is 0.463 e. The number of hydrogen-bond acceptors (Lipinski definition) is 7. The molecular formula is C31H60O7Si. The highest BCUT2D eigenvalue weighted by molar-refractivity contribution is 6.74. The summed E-state index contributed by atoms with van der Waals surface area (Å²) in [5.41, 5.74) is 0.504. The topological polar surface area (TPSA) is 94.5 Å². The van der Waals surface area contributed by atoms with E-state index in [1.54, 1.807) is 33.1 Å². The zero-order valence-corrected chi connectivity index (χ0v) is 28.0. The fourth-order valence-corrected chi connectivity index (χ4v) is 5.68. The maximum Gasteiger partial charge on any atom is 0.333 e. The highest BCUT2D eigenvalue weighted by Crippen LogP contribution is 2.39. The van der Waals surface area contributed by atoms with E-state index in [2.05, 4.69) is 54.6 Å². The molecule has 0 aromatic rings. The van der Waals surface area contributed by atoms with Crippen LogP contribution in [0, 0.1) is 17.8 Å². The number of esters is 1. The standard InChI is InChI=1S/C31H60O7Si/c1-13-16-28(38-39(11,12)31(7,8)9)24(6)29(33)25(14-2)18-19-26(32)23(5)27(37-21-35-10)20-17-22(4)30(34)36-15-3/h17-19,23-29,32-33H,13-16,20-21H2,1-12H3/b19-18?,22-17+/t23-,24+,25+,26-,27-,28+,29+/m0/s1. The zero-order chi connectivity index (χ0) is 30.4. The quantitative estimate of drug-likeness (QED) is 0.0589. The number of rotatable bonds is 19. The molecule has 230 valence electrons. The summed E-state index contributed by atoms with van der Waals surface area (Å²) in [6.07, 6.45) is 6.78. The molecule has 0 aliphatic carbocycles. The monoisotopic (exact) mass is 572 g/mol. The molecule has 0 aliphatic heterocycles. The maximum atomic E-state index is 12.0. The molecule has 0 heterocycles. The van der Waals surface area contributed by atoms with E-state index in [1.165, 1.54) is 0 Å². The molecule has 0 rings (SSSR count). The normalized spacial score (nSPS) is 18.9. The van der Waals surface area contributed by atoms with Crippen molar-refractivity contribution in [2.24, 2.45) is 17.8 Å². The first kappa shape index (κ1) is 38.0. The Balaban J connectivity index is 5.60. The number of hydrogen-bond donors (Lipinski definition) is 2. The highest BCUT2D eigenvalue weighted by atomic mass is 28.4. The minimum Gasteiger partial charge on any atom is -0.463 e. The lowest BCUT2D eigenvalue weighted by atomic mass is 9.84. The van der Waals surface area contributed by atoms with Gasteiger partial charge in [0.25, 0.3) is 0 Å². The van der Waals surface area contributed by atoms with Crippen molar-refractivity contribution in [3.63, 3.8) is 0 Å². The molecule has 0 fully saturated rings. The molecule has 0 bridgehead atoms. The minimum atomic E-state index is -1.99. The van der Waals surface area contributed by atoms with Crippen molar-refractivity contribution < 1.29 is 33.6 Å². The lowest BCUT2D eigenvalue weighted by molar-refractivity contribution is -0.138. The van der Waals surface area contributed by atoms with Gasteiger partial charge >= 0.3 is 5.97 Å². The summed E-state index contributed by atoms with van der Waals surface area (Å²) in [5.74, 6) is -0.793. The molecule has 0 aliphatic rings. The van der Waals surface area contributed by atoms with Gasteiger partial charge in [-0.15, -0.1) is 0 Å². The fourth-order valence-electron chi connectivity index (χ4n) is 4.23. The van der Waals surface area contributed by atoms with E-state index in [1.807, 2.05) is 13.0 Å². The Morgan fingerprint density at radius 2 is 1.62 bits per heavy atom. The van der Waals surface area contributed by atoms with Crippen LogP contribution < -0.4 is 0 Å². The third kappa shape index (κ3) is 13.0. The number of aliphatic hydroxyl groups is 2. The Morgan fingerprint density at radius 3 is 2.10 bits per heavy atom. The van der Waals surface area contributed by atoms with Crippen molar-refractivity contribution >= 4 is 14.3 Å². The predicted octanol–water partition coefficient (Wildman–Crippen LogP) is 6.64. The van der Waals surface area contributed by atoms with Crippen LogP contribution in [0.3, 0.4) is 0 Å². The van der Waals surface area contributed by atoms with Crippen LogP contribution in [0.15, 0.2) is 23.8 Å². The molecule has 39 heavy (non-hydrogen) atoms. The highest BCUT2D eigenvalue weighted by Gasteiger charge is 2.41. The Bertz CT molecular complexity index is 744. The maximum absolute atomic E-state index is 12.0. The fraction of sp³-hybridized carbons (Fsp3) is 0.839. The number of ether oxygens (including phenoxy) is 3. The second-order valence-corrected chi connectivity index (χ2v) is 17.1. The van der Waals surface area contributed by atoms with Crippen LogP contribution in [-0.2, 0) is 23.4 Å². The van der Waals surface area contributed by atoms with Gasteiger partial charge in [-0.3, -0.25) is 0 Å². The molecule has 7 nitrogen and oxygen atoms in total. The SMILES string of the molecule is CCC[C@@H](O[Si](C)(C)C(C)(C)C)[C@@H](C)[C@@H](O)[C@@H](C=C[C@H](O)[C@H](C)[C@H](C/C=C(\C)C(=O)OCC)OCOC)CC. The Labute approximate surface area is 240 Å². The van der Waals surface area contributed by atoms with E-state index in [0.717, 1.165) is 19.3 Å². The summed E-state index contributed by atoms with van der Waals surface area (Å²) < 4.78 is 22.8. The van der Waals surface area contributed by atoms with Crippen molar-refractivity contribution in [3.8, 4) is 0 Å². The van der Waals surface area contributed by atoms with Gasteiger partial charge in [-0.2, -0.15) is 0 Å². The second kappa shape index (κ2) is 18.4. The van der Waals surface area contributed by atoms with Gasteiger partial charge < -0.3 is 28.8 Å². The third-order valence-electron chi connectivity index (χ3n) is 8.19. The number of aliphatic hydroxyl groups excluding tert-OH is 2. The third-order valence-corrected chi connectivity index (χ3v) is 12.7. The van der Waals surface area contributed by atoms with E-state index in [4.69, 9.17) is 18.6 Å². The van der Waals surface area contributed by atoms with E-state index < -0.39 is 20.5 Å². The zero-order valence-electron chi connectivity index (χ0n) is 27.0. The summed E-state index contributed by atoms with van der Waals surface area (Å²) in [6, 6.07) is 0. The molecule has 0 aromatic heterocycles. The Kier molecular flexibility index (Phi) is 17.9. The molecule has 0 amide bonds. The van der Waals surface area contributed by atoms with Gasteiger partial charge in [-0.05, 0) is 51.2 Å². The van der Waals surface area contributed by atoms with Crippen LogP contribution in [0.25, 0.3) is 0 Å². The Hall–Kier alpha value is -1.03. The second-order valence-electron chi connectivity index (χ2n) is 12.3. The van der Waals surface area contributed by atoms with Gasteiger partial charge in [-0.1, -0.05) is 73.1 Å². The summed E-state index contributed by atoms with van der Waals surface area (Å²) in [7, 11) is -0.441. The molecule has 0 aromatic carbocycles. The lowest BCUT2D eigenvalue weighted by Gasteiger charge is -2.42. The smallest absolute Gasteiger partial charge is 0.333 e. The van der Waals surface area contributed by atoms with Crippen molar-refractivity contribution in [3.05, 3.63) is 23.8 Å². The van der Waals surface area contributed by atoms with Crippen LogP contribution in [0.2, 0.25) is 18.1 Å². The van der Waals surface area contributed by atoms with Crippen molar-refractivity contribution in [1.82, 2.24) is 0 Å². The molecule has 0 unspecified atom stereocenters. The Morgan fingerprint density at radius 1 is 1.00 bits per heavy atom. The van der Waals surface area contributed by atoms with Crippen LogP contribution in [0.4, 0.5) is 0 Å². The van der Waals surface area contributed by atoms with Gasteiger partial charge in [0.2, 0.25) is 0 Å². The van der Waals surface area contributed by atoms with Gasteiger partial charge in [0.05, 0.1) is 31.0 Å². The number of carbonyl (C=O) groups is 1. The molecule has 0 saturated carbocycles. The van der Waals surface area contributed by atoms with Crippen LogP contribution >= 0.6 is 0 Å². The van der Waals surface area contributed by atoms with E-state index in [-0.39, 0.29) is 47.8 Å². The summed E-state index contributed by atoms with van der Waals surface area (Å²) in [6.45, 7) is 23.3. The van der Waals surface area contributed by atoms with Crippen molar-refractivity contribution in [1.29, 1.82) is 0 Å². The molecule has 0 radical (unpaired) electrons. The van der Waals surface area contributed by atoms with Gasteiger partial charge in [0.15, 0.2) is 8.32 Å². The molecule has 8 heteroatoms. The van der Waals surface area contributed by atoms with Gasteiger partial charge in [0.1, 0.15) is 6.79 Å². The van der Waals surface area contributed by atoms with Crippen LogP contribution in [0.1, 0.15) is 88.0 Å². The van der Waals surface area contributed by atoms with E-state index >= 15 is 0 Å². The average Bonchev–Trinajstić information content (AvgIpc) is 2.86. The summed E-state index contributed by atoms with van der Waals surface area (Å²) in [4.78, 5) is 12.0. The first-order valence-electron chi connectivity index (χ1n) is 14.7. The number of carbonyl (C=O) groups excluding carboxylic acids is 1. The summed E-state index contributed by atoms with van der Waals surface area (Å²) in [5, 5.41) is 22.5. The summed E-state index contributed by atoms with van der Waals surface area (Å²) >= 11 is 0. The van der Waals surface area contributed by atoms with Gasteiger partial charge in [0, 0.05) is 30.4 Å². The lowest BCUT2D eigenvalue weighted by Crippen LogP contribution is -2.47. The van der Waals surface area contributed by atoms with Crippen molar-refractivity contribution in [2.45, 2.75) is 131 Å². The van der Waals surface area contributed by atoms with E-state index in [9.17, 15) is 15.0 Å². The predicted molar refractivity (Wildman–Crippen MR) is 162 cm³/mol. The minimum absolute atomic E-state index is 0.0153. The molecule has 2 N–H and O–H groups in total. The molecule has 7 atom stereocenters. The molecule has 0 spiro atoms. The van der Waals surface area contributed by atoms with Crippen LogP contribution in [0.5, 0.6) is 0 Å².